The quantitative estimate of drug-likeness (QED) is 0.776. The van der Waals surface area contributed by atoms with Gasteiger partial charge in [0.1, 0.15) is 0 Å². The van der Waals surface area contributed by atoms with Gasteiger partial charge < -0.3 is 10.6 Å². The van der Waals surface area contributed by atoms with E-state index in [0.717, 1.165) is 19.4 Å². The third kappa shape index (κ3) is 3.81. The molecule has 0 saturated carbocycles. The molecule has 0 radical (unpaired) electrons. The summed E-state index contributed by atoms with van der Waals surface area (Å²) in [6.07, 6.45) is 2.04. The van der Waals surface area contributed by atoms with Gasteiger partial charge >= 0.3 is 0 Å². The van der Waals surface area contributed by atoms with Gasteiger partial charge in [0.15, 0.2) is 0 Å². The molecule has 1 aromatic rings. The molecule has 21 heavy (non-hydrogen) atoms. The van der Waals surface area contributed by atoms with E-state index in [-0.39, 0.29) is 22.3 Å². The highest BCUT2D eigenvalue weighted by molar-refractivity contribution is 7.89. The van der Waals surface area contributed by atoms with Crippen LogP contribution in [0.4, 0.5) is 5.69 Å². The molecule has 1 aliphatic rings. The van der Waals surface area contributed by atoms with Gasteiger partial charge in [0.05, 0.1) is 10.9 Å². The molecular formula is C14H21N3O3S. The average Bonchev–Trinajstić information content (AvgIpc) is 2.37. The first-order valence-corrected chi connectivity index (χ1v) is 8.42. The molecule has 1 heterocycles. The summed E-state index contributed by atoms with van der Waals surface area (Å²) in [4.78, 5) is 12.4. The number of carbonyl (C=O) groups is 1. The standard InChI is InChI=1S/C14H21N3O3S/c1-14(2)8-3-9-16-12(14)13(18)17-10-4-6-11(7-5-10)21(15,19)20/h4-7,12,16H,3,8-9H2,1-2H3,(H,17,18)(H2,15,19,20). The van der Waals surface area contributed by atoms with Crippen molar-refractivity contribution < 1.29 is 13.2 Å². The zero-order valence-corrected chi connectivity index (χ0v) is 13.0. The molecule has 6 nitrogen and oxygen atoms in total. The first-order valence-electron chi connectivity index (χ1n) is 6.87. The van der Waals surface area contributed by atoms with Gasteiger partial charge in [-0.25, -0.2) is 13.6 Å². The summed E-state index contributed by atoms with van der Waals surface area (Å²) in [5, 5.41) is 11.1. The number of carbonyl (C=O) groups excluding carboxylic acids is 1. The first-order chi connectivity index (χ1) is 9.70. The number of hydrogen-bond donors (Lipinski definition) is 3. The van der Waals surface area contributed by atoms with Crippen LogP contribution in [-0.4, -0.2) is 26.9 Å². The lowest BCUT2D eigenvalue weighted by atomic mass is 9.77. The summed E-state index contributed by atoms with van der Waals surface area (Å²) in [5.74, 6) is -0.108. The molecule has 1 fully saturated rings. The second-order valence-corrected chi connectivity index (χ2v) is 7.60. The fraction of sp³-hybridized carbons (Fsp3) is 0.500. The van der Waals surface area contributed by atoms with Crippen LogP contribution in [0.5, 0.6) is 0 Å². The van der Waals surface area contributed by atoms with Crippen LogP contribution in [0.2, 0.25) is 0 Å². The molecule has 1 aromatic carbocycles. The van der Waals surface area contributed by atoms with E-state index in [1.807, 2.05) is 0 Å². The van der Waals surface area contributed by atoms with Crippen LogP contribution in [0.15, 0.2) is 29.2 Å². The van der Waals surface area contributed by atoms with Crippen molar-refractivity contribution in [1.82, 2.24) is 5.32 Å². The highest BCUT2D eigenvalue weighted by Gasteiger charge is 2.37. The maximum absolute atomic E-state index is 12.3. The molecule has 0 bridgehead atoms. The van der Waals surface area contributed by atoms with Crippen LogP contribution in [0, 0.1) is 5.41 Å². The highest BCUT2D eigenvalue weighted by Crippen LogP contribution is 2.30. The van der Waals surface area contributed by atoms with Gasteiger partial charge in [-0.2, -0.15) is 0 Å². The Morgan fingerprint density at radius 2 is 1.95 bits per heavy atom. The number of nitrogens with two attached hydrogens (primary N) is 1. The lowest BCUT2D eigenvalue weighted by molar-refractivity contribution is -0.121. The van der Waals surface area contributed by atoms with Gasteiger partial charge in [-0.3, -0.25) is 4.79 Å². The SMILES string of the molecule is CC1(C)CCCNC1C(=O)Nc1ccc(S(N)(=O)=O)cc1. The van der Waals surface area contributed by atoms with E-state index >= 15 is 0 Å². The van der Waals surface area contributed by atoms with Gasteiger partial charge in [0, 0.05) is 5.69 Å². The molecule has 1 unspecified atom stereocenters. The van der Waals surface area contributed by atoms with Crippen molar-refractivity contribution in [2.24, 2.45) is 10.6 Å². The van der Waals surface area contributed by atoms with Gasteiger partial charge in [-0.15, -0.1) is 0 Å². The molecule has 4 N–H and O–H groups in total. The van der Waals surface area contributed by atoms with Crippen molar-refractivity contribution in [3.05, 3.63) is 24.3 Å². The van der Waals surface area contributed by atoms with Gasteiger partial charge in [0.2, 0.25) is 15.9 Å². The van der Waals surface area contributed by atoms with Crippen LogP contribution in [0.25, 0.3) is 0 Å². The van der Waals surface area contributed by atoms with Crippen molar-refractivity contribution in [2.45, 2.75) is 37.6 Å². The van der Waals surface area contributed by atoms with E-state index < -0.39 is 10.0 Å². The summed E-state index contributed by atoms with van der Waals surface area (Å²) in [6.45, 7) is 4.95. The lowest BCUT2D eigenvalue weighted by Crippen LogP contribution is -2.53. The van der Waals surface area contributed by atoms with Crippen molar-refractivity contribution in [3.63, 3.8) is 0 Å². The van der Waals surface area contributed by atoms with E-state index in [2.05, 4.69) is 24.5 Å². The molecular weight excluding hydrogens is 290 g/mol. The van der Waals surface area contributed by atoms with Crippen molar-refractivity contribution in [2.75, 3.05) is 11.9 Å². The molecule has 7 heteroatoms. The summed E-state index contributed by atoms with van der Waals surface area (Å²) in [5.41, 5.74) is 0.443. The van der Waals surface area contributed by atoms with Gasteiger partial charge in [-0.1, -0.05) is 13.8 Å². The summed E-state index contributed by atoms with van der Waals surface area (Å²) in [7, 11) is -3.71. The largest absolute Gasteiger partial charge is 0.325 e. The highest BCUT2D eigenvalue weighted by atomic mass is 32.2. The van der Waals surface area contributed by atoms with Crippen LogP contribution < -0.4 is 15.8 Å². The van der Waals surface area contributed by atoms with Crippen LogP contribution in [-0.2, 0) is 14.8 Å². The van der Waals surface area contributed by atoms with Crippen LogP contribution in [0.1, 0.15) is 26.7 Å². The fourth-order valence-electron chi connectivity index (χ4n) is 2.60. The first kappa shape index (κ1) is 15.9. The van der Waals surface area contributed by atoms with Crippen molar-refractivity contribution >= 4 is 21.6 Å². The van der Waals surface area contributed by atoms with Gasteiger partial charge in [0.25, 0.3) is 0 Å². The Labute approximate surface area is 125 Å². The second-order valence-electron chi connectivity index (χ2n) is 6.04. The van der Waals surface area contributed by atoms with Crippen LogP contribution in [0.3, 0.4) is 0 Å². The molecule has 0 spiro atoms. The average molecular weight is 311 g/mol. The number of primary sulfonamides is 1. The van der Waals surface area contributed by atoms with Crippen LogP contribution >= 0.6 is 0 Å². The maximum Gasteiger partial charge on any atom is 0.242 e. The Hall–Kier alpha value is -1.44. The minimum Gasteiger partial charge on any atom is -0.325 e. The second kappa shape index (κ2) is 5.75. The Morgan fingerprint density at radius 1 is 1.33 bits per heavy atom. The molecule has 1 saturated heterocycles. The molecule has 116 valence electrons. The number of sulfonamides is 1. The normalized spacial score (nSPS) is 21.8. The fourth-order valence-corrected chi connectivity index (χ4v) is 3.12. The topological polar surface area (TPSA) is 101 Å². The molecule has 1 aliphatic heterocycles. The summed E-state index contributed by atoms with van der Waals surface area (Å²) < 4.78 is 22.4. The monoisotopic (exact) mass is 311 g/mol. The zero-order valence-electron chi connectivity index (χ0n) is 12.2. The van der Waals surface area contributed by atoms with E-state index in [1.165, 1.54) is 24.3 Å². The number of amides is 1. The Bertz CT molecular complexity index is 623. The molecule has 1 amide bonds. The molecule has 1 atom stereocenters. The number of piperidine rings is 1. The number of nitrogens with one attached hydrogen (secondary N) is 2. The van der Waals surface area contributed by atoms with E-state index in [0.29, 0.717) is 5.69 Å². The number of hydrogen-bond acceptors (Lipinski definition) is 4. The molecule has 0 aliphatic carbocycles. The summed E-state index contributed by atoms with van der Waals surface area (Å²) >= 11 is 0. The van der Waals surface area contributed by atoms with E-state index in [4.69, 9.17) is 5.14 Å². The minimum absolute atomic E-state index is 0.0246. The van der Waals surface area contributed by atoms with Gasteiger partial charge in [-0.05, 0) is 49.1 Å². The number of benzene rings is 1. The summed E-state index contributed by atoms with van der Waals surface area (Å²) in [6, 6.07) is 5.57. The predicted octanol–water partition coefficient (Wildman–Crippen LogP) is 1.05. The third-order valence-corrected chi connectivity index (χ3v) is 4.77. The maximum atomic E-state index is 12.3. The predicted molar refractivity (Wildman–Crippen MR) is 81.3 cm³/mol. The Morgan fingerprint density at radius 3 is 2.48 bits per heavy atom. The van der Waals surface area contributed by atoms with E-state index in [9.17, 15) is 13.2 Å². The smallest absolute Gasteiger partial charge is 0.242 e. The van der Waals surface area contributed by atoms with E-state index in [1.54, 1.807) is 0 Å². The molecule has 2 rings (SSSR count). The zero-order chi connectivity index (χ0) is 15.7. The minimum atomic E-state index is -3.71. The Balaban J connectivity index is 2.09. The number of rotatable bonds is 3. The lowest BCUT2D eigenvalue weighted by Gasteiger charge is -2.38. The molecule has 0 aromatic heterocycles. The Kier molecular flexibility index (Phi) is 4.36. The number of anilines is 1. The third-order valence-electron chi connectivity index (χ3n) is 3.84. The van der Waals surface area contributed by atoms with Crippen molar-refractivity contribution in [1.29, 1.82) is 0 Å². The van der Waals surface area contributed by atoms with Crippen molar-refractivity contribution in [3.8, 4) is 0 Å².